The first kappa shape index (κ1) is 10.3. The van der Waals surface area contributed by atoms with Crippen LogP contribution in [0.4, 0.5) is 0 Å². The average Bonchev–Trinajstić information content (AvgIpc) is 1.95. The summed E-state index contributed by atoms with van der Waals surface area (Å²) in [5.74, 6) is -0.899. The van der Waals surface area contributed by atoms with Crippen LogP contribution >= 0.6 is 0 Å². The van der Waals surface area contributed by atoms with E-state index >= 15 is 0 Å². The zero-order chi connectivity index (χ0) is 10.2. The highest BCUT2D eigenvalue weighted by molar-refractivity contribution is 5.88. The fraction of sp³-hybridized carbons (Fsp3) is 0.700. The van der Waals surface area contributed by atoms with Crippen molar-refractivity contribution < 1.29 is 15.0 Å². The van der Waals surface area contributed by atoms with Crippen LogP contribution in [-0.4, -0.2) is 22.3 Å². The minimum Gasteiger partial charge on any atom is -0.478 e. The molecule has 3 heteroatoms. The Morgan fingerprint density at radius 2 is 2.08 bits per heavy atom. The topological polar surface area (TPSA) is 57.5 Å². The summed E-state index contributed by atoms with van der Waals surface area (Å²) in [5.41, 5.74) is 1.08. The Bertz CT molecular complexity index is 263. The summed E-state index contributed by atoms with van der Waals surface area (Å²) in [4.78, 5) is 10.8. The van der Waals surface area contributed by atoms with Crippen molar-refractivity contribution in [3.05, 3.63) is 11.1 Å². The van der Waals surface area contributed by atoms with E-state index in [9.17, 15) is 9.90 Å². The second-order valence-corrected chi connectivity index (χ2v) is 4.35. The van der Waals surface area contributed by atoms with E-state index in [0.717, 1.165) is 5.57 Å². The molecule has 0 heterocycles. The summed E-state index contributed by atoms with van der Waals surface area (Å²) >= 11 is 0. The van der Waals surface area contributed by atoms with Gasteiger partial charge in [-0.3, -0.25) is 0 Å². The maximum Gasteiger partial charge on any atom is 0.331 e. The molecule has 1 aliphatic carbocycles. The van der Waals surface area contributed by atoms with Gasteiger partial charge < -0.3 is 10.2 Å². The van der Waals surface area contributed by atoms with Gasteiger partial charge in [0.2, 0.25) is 0 Å². The molecule has 0 amide bonds. The van der Waals surface area contributed by atoms with Crippen LogP contribution in [0.2, 0.25) is 0 Å². The minimum absolute atomic E-state index is 0.189. The molecule has 2 N–H and O–H groups in total. The van der Waals surface area contributed by atoms with Crippen molar-refractivity contribution >= 4 is 5.97 Å². The Morgan fingerprint density at radius 3 is 2.54 bits per heavy atom. The highest BCUT2D eigenvalue weighted by atomic mass is 16.4. The number of carbonyl (C=O) groups is 1. The molecule has 0 bridgehead atoms. The number of aliphatic hydroxyl groups excluding tert-OH is 1. The monoisotopic (exact) mass is 184 g/mol. The van der Waals surface area contributed by atoms with E-state index in [4.69, 9.17) is 5.11 Å². The van der Waals surface area contributed by atoms with E-state index < -0.39 is 12.1 Å². The quantitative estimate of drug-likeness (QED) is 0.650. The summed E-state index contributed by atoms with van der Waals surface area (Å²) < 4.78 is 0. The molecule has 0 saturated carbocycles. The highest BCUT2D eigenvalue weighted by Crippen LogP contribution is 2.39. The smallest absolute Gasteiger partial charge is 0.331 e. The van der Waals surface area contributed by atoms with Gasteiger partial charge >= 0.3 is 5.97 Å². The van der Waals surface area contributed by atoms with E-state index in [1.165, 1.54) is 0 Å². The fourth-order valence-electron chi connectivity index (χ4n) is 1.86. The molecule has 0 fully saturated rings. The Balaban J connectivity index is 3.09. The fourth-order valence-corrected chi connectivity index (χ4v) is 1.86. The van der Waals surface area contributed by atoms with Gasteiger partial charge in [-0.15, -0.1) is 0 Å². The maximum absolute atomic E-state index is 10.8. The molecule has 0 aromatic carbocycles. The first-order valence-electron chi connectivity index (χ1n) is 4.46. The molecule has 0 aromatic heterocycles. The summed E-state index contributed by atoms with van der Waals surface area (Å²) in [6.45, 7) is 5.77. The van der Waals surface area contributed by atoms with E-state index in [1.54, 1.807) is 0 Å². The largest absolute Gasteiger partial charge is 0.478 e. The molecule has 0 saturated heterocycles. The lowest BCUT2D eigenvalue weighted by Gasteiger charge is -2.34. The maximum atomic E-state index is 10.8. The van der Waals surface area contributed by atoms with E-state index in [0.29, 0.717) is 12.0 Å². The lowest BCUT2D eigenvalue weighted by Crippen LogP contribution is -2.30. The van der Waals surface area contributed by atoms with Crippen LogP contribution in [0.3, 0.4) is 0 Å². The number of aliphatic carboxylic acids is 1. The van der Waals surface area contributed by atoms with Crippen LogP contribution in [0.1, 0.15) is 33.6 Å². The Kier molecular flexibility index (Phi) is 2.48. The van der Waals surface area contributed by atoms with Crippen molar-refractivity contribution in [1.29, 1.82) is 0 Å². The summed E-state index contributed by atoms with van der Waals surface area (Å²) in [6.07, 6.45) is 0.421. The molecule has 1 atom stereocenters. The van der Waals surface area contributed by atoms with Crippen molar-refractivity contribution in [2.75, 3.05) is 0 Å². The lowest BCUT2D eigenvalue weighted by atomic mass is 9.72. The third kappa shape index (κ3) is 1.91. The van der Waals surface area contributed by atoms with Crippen molar-refractivity contribution in [3.8, 4) is 0 Å². The van der Waals surface area contributed by atoms with E-state index in [1.807, 2.05) is 20.8 Å². The molecule has 0 aliphatic heterocycles. The number of hydrogen-bond donors (Lipinski definition) is 2. The van der Waals surface area contributed by atoms with Crippen molar-refractivity contribution in [3.63, 3.8) is 0 Å². The van der Waals surface area contributed by atoms with Crippen molar-refractivity contribution in [2.24, 2.45) is 5.41 Å². The first-order valence-corrected chi connectivity index (χ1v) is 4.46. The molecular formula is C10H16O3. The van der Waals surface area contributed by atoms with Gasteiger partial charge in [0.1, 0.15) is 0 Å². The molecule has 0 unspecified atom stereocenters. The molecule has 74 valence electrons. The van der Waals surface area contributed by atoms with Gasteiger partial charge in [0.25, 0.3) is 0 Å². The third-order valence-electron chi connectivity index (χ3n) is 2.91. The highest BCUT2D eigenvalue weighted by Gasteiger charge is 2.34. The Labute approximate surface area is 78.1 Å². The number of rotatable bonds is 1. The third-order valence-corrected chi connectivity index (χ3v) is 2.91. The molecule has 3 nitrogen and oxygen atoms in total. The second kappa shape index (κ2) is 3.14. The van der Waals surface area contributed by atoms with Crippen LogP contribution in [0.15, 0.2) is 11.1 Å². The van der Waals surface area contributed by atoms with Gasteiger partial charge in [-0.1, -0.05) is 19.4 Å². The Morgan fingerprint density at radius 1 is 1.54 bits per heavy atom. The van der Waals surface area contributed by atoms with Crippen LogP contribution in [0.25, 0.3) is 0 Å². The molecule has 0 spiro atoms. The normalized spacial score (nSPS) is 27.5. The number of hydrogen-bond acceptors (Lipinski definition) is 2. The number of allylic oxidation sites excluding steroid dienone is 1. The number of aliphatic hydroxyl groups is 1. The predicted octanol–water partition coefficient (Wildman–Crippen LogP) is 1.57. The van der Waals surface area contributed by atoms with E-state index in [-0.39, 0.29) is 11.8 Å². The zero-order valence-electron chi connectivity index (χ0n) is 8.29. The summed E-state index contributed by atoms with van der Waals surface area (Å²) in [7, 11) is 0. The van der Waals surface area contributed by atoms with Gasteiger partial charge in [0.15, 0.2) is 0 Å². The molecule has 0 radical (unpaired) electrons. The lowest BCUT2D eigenvalue weighted by molar-refractivity contribution is -0.133. The van der Waals surface area contributed by atoms with Gasteiger partial charge in [-0.2, -0.15) is 0 Å². The molecule has 0 aromatic rings. The predicted molar refractivity (Wildman–Crippen MR) is 49.4 cm³/mol. The van der Waals surface area contributed by atoms with Gasteiger partial charge in [0, 0.05) is 12.0 Å². The van der Waals surface area contributed by atoms with Crippen LogP contribution < -0.4 is 0 Å². The summed E-state index contributed by atoms with van der Waals surface area (Å²) in [6, 6.07) is 0. The molecule has 13 heavy (non-hydrogen) atoms. The summed E-state index contributed by atoms with van der Waals surface area (Å²) in [5, 5.41) is 18.4. The molecule has 1 aliphatic rings. The molecular weight excluding hydrogens is 168 g/mol. The van der Waals surface area contributed by atoms with E-state index in [2.05, 4.69) is 0 Å². The van der Waals surface area contributed by atoms with Gasteiger partial charge in [0.05, 0.1) is 6.10 Å². The number of carboxylic acid groups (broad SMARTS) is 1. The SMILES string of the molecule is CC1=C(C(=O)O)C[C@H](O)CC1(C)C. The standard InChI is InChI=1S/C10H16O3/c1-6-8(9(12)13)4-7(11)5-10(6,2)3/h7,11H,4-5H2,1-3H3,(H,12,13)/t7-/m0/s1. The number of carboxylic acids is 1. The van der Waals surface area contributed by atoms with Crippen LogP contribution in [0, 0.1) is 5.41 Å². The second-order valence-electron chi connectivity index (χ2n) is 4.35. The minimum atomic E-state index is -0.899. The van der Waals surface area contributed by atoms with Crippen LogP contribution in [0.5, 0.6) is 0 Å². The average molecular weight is 184 g/mol. The zero-order valence-corrected chi connectivity index (χ0v) is 8.29. The Hall–Kier alpha value is -0.830. The van der Waals surface area contributed by atoms with Crippen molar-refractivity contribution in [2.45, 2.75) is 39.7 Å². The van der Waals surface area contributed by atoms with Gasteiger partial charge in [-0.05, 0) is 18.8 Å². The first-order chi connectivity index (χ1) is 5.84. The molecule has 1 rings (SSSR count). The van der Waals surface area contributed by atoms with Crippen LogP contribution in [-0.2, 0) is 4.79 Å². The van der Waals surface area contributed by atoms with Crippen molar-refractivity contribution in [1.82, 2.24) is 0 Å². The van der Waals surface area contributed by atoms with Gasteiger partial charge in [-0.25, -0.2) is 4.79 Å².